The van der Waals surface area contributed by atoms with Gasteiger partial charge in [0.2, 0.25) is 0 Å². The Morgan fingerprint density at radius 2 is 2.15 bits per heavy atom. The quantitative estimate of drug-likeness (QED) is 0.887. The summed E-state index contributed by atoms with van der Waals surface area (Å²) in [6.07, 6.45) is 0.294. The number of carboxylic acids is 1. The predicted octanol–water partition coefficient (Wildman–Crippen LogP) is 3.43. The van der Waals surface area contributed by atoms with E-state index in [1.165, 1.54) is 17.4 Å². The van der Waals surface area contributed by atoms with Gasteiger partial charge in [0.15, 0.2) is 0 Å². The van der Waals surface area contributed by atoms with Crippen LogP contribution in [0.15, 0.2) is 29.6 Å². The van der Waals surface area contributed by atoms with E-state index in [9.17, 15) is 13.6 Å². The van der Waals surface area contributed by atoms with E-state index in [1.54, 1.807) is 23.6 Å². The Bertz CT molecular complexity index is 601. The summed E-state index contributed by atoms with van der Waals surface area (Å²) in [7, 11) is 0. The lowest BCUT2D eigenvalue weighted by molar-refractivity contribution is -0.136. The summed E-state index contributed by atoms with van der Waals surface area (Å²) in [5.74, 6) is -0.845. The van der Waals surface area contributed by atoms with Crippen LogP contribution in [-0.4, -0.2) is 22.7 Å². The van der Waals surface area contributed by atoms with Gasteiger partial charge in [-0.3, -0.25) is 4.79 Å². The third-order valence-electron chi connectivity index (χ3n) is 2.48. The average Bonchev–Trinajstić information content (AvgIpc) is 2.85. The maximum Gasteiger partial charge on any atom is 0.387 e. The minimum Gasteiger partial charge on any atom is -0.481 e. The van der Waals surface area contributed by atoms with Gasteiger partial charge in [-0.2, -0.15) is 8.78 Å². The fourth-order valence-corrected chi connectivity index (χ4v) is 2.51. The lowest BCUT2D eigenvalue weighted by Gasteiger charge is -2.08. The molecule has 0 spiro atoms. The van der Waals surface area contributed by atoms with Gasteiger partial charge in [0.25, 0.3) is 0 Å². The lowest BCUT2D eigenvalue weighted by atomic mass is 10.2. The van der Waals surface area contributed by atoms with Crippen LogP contribution in [0.3, 0.4) is 0 Å². The molecule has 1 heterocycles. The number of rotatable bonds is 6. The maximum absolute atomic E-state index is 12.3. The summed E-state index contributed by atoms with van der Waals surface area (Å²) >= 11 is 1.27. The first-order valence-corrected chi connectivity index (χ1v) is 6.64. The number of ether oxygens (including phenoxy) is 1. The molecule has 1 aromatic carbocycles. The largest absolute Gasteiger partial charge is 0.481 e. The molecule has 0 atom stereocenters. The van der Waals surface area contributed by atoms with E-state index in [0.29, 0.717) is 22.7 Å². The Morgan fingerprint density at radius 3 is 2.85 bits per heavy atom. The van der Waals surface area contributed by atoms with E-state index in [0.717, 1.165) is 0 Å². The first-order valence-electron chi connectivity index (χ1n) is 5.76. The van der Waals surface area contributed by atoms with Crippen LogP contribution in [0.25, 0.3) is 10.6 Å². The third kappa shape index (κ3) is 3.74. The van der Waals surface area contributed by atoms with E-state index in [4.69, 9.17) is 5.11 Å². The number of carboxylic acid groups (broad SMARTS) is 1. The standard InChI is InChI=1S/C13H11F2NO3S/c14-13(15)19-10-4-2-1-3-9(10)12-16-8(7-20-12)5-6-11(17)18/h1-4,7,13H,5-6H2,(H,17,18). The molecule has 1 N–H and O–H groups in total. The van der Waals surface area contributed by atoms with Crippen molar-refractivity contribution < 1.29 is 23.4 Å². The van der Waals surface area contributed by atoms with Crippen LogP contribution in [0.2, 0.25) is 0 Å². The zero-order valence-corrected chi connectivity index (χ0v) is 11.1. The number of hydrogen-bond donors (Lipinski definition) is 1. The highest BCUT2D eigenvalue weighted by Gasteiger charge is 2.13. The van der Waals surface area contributed by atoms with Crippen molar-refractivity contribution in [2.45, 2.75) is 19.5 Å². The minimum absolute atomic E-state index is 0.0155. The molecule has 7 heteroatoms. The number of aryl methyl sites for hydroxylation is 1. The van der Waals surface area contributed by atoms with Gasteiger partial charge >= 0.3 is 12.6 Å². The van der Waals surface area contributed by atoms with Crippen molar-refractivity contribution in [1.29, 1.82) is 0 Å². The van der Waals surface area contributed by atoms with Gasteiger partial charge in [-0.25, -0.2) is 4.98 Å². The number of nitrogens with zero attached hydrogens (tertiary/aromatic N) is 1. The Morgan fingerprint density at radius 1 is 1.40 bits per heavy atom. The molecule has 0 aliphatic rings. The van der Waals surface area contributed by atoms with E-state index in [-0.39, 0.29) is 12.2 Å². The van der Waals surface area contributed by atoms with Gasteiger partial charge in [-0.1, -0.05) is 12.1 Å². The highest BCUT2D eigenvalue weighted by atomic mass is 32.1. The first-order chi connectivity index (χ1) is 9.56. The summed E-state index contributed by atoms with van der Waals surface area (Å²) in [6.45, 7) is -2.90. The molecule has 2 rings (SSSR count). The fraction of sp³-hybridized carbons (Fsp3) is 0.231. The smallest absolute Gasteiger partial charge is 0.387 e. The van der Waals surface area contributed by atoms with Gasteiger partial charge in [0.1, 0.15) is 10.8 Å². The molecule has 106 valence electrons. The molecule has 2 aromatic rings. The molecule has 0 amide bonds. The normalized spacial score (nSPS) is 10.8. The van der Waals surface area contributed by atoms with E-state index >= 15 is 0 Å². The second-order valence-electron chi connectivity index (χ2n) is 3.91. The van der Waals surface area contributed by atoms with Gasteiger partial charge in [0.05, 0.1) is 17.7 Å². The summed E-state index contributed by atoms with van der Waals surface area (Å²) in [5, 5.41) is 10.9. The van der Waals surface area contributed by atoms with Crippen molar-refractivity contribution in [2.24, 2.45) is 0 Å². The Labute approximate surface area is 117 Å². The number of alkyl halides is 2. The minimum atomic E-state index is -2.90. The zero-order chi connectivity index (χ0) is 14.5. The predicted molar refractivity (Wildman–Crippen MR) is 70.1 cm³/mol. The highest BCUT2D eigenvalue weighted by Crippen LogP contribution is 2.33. The molecular weight excluding hydrogens is 288 g/mol. The van der Waals surface area contributed by atoms with Crippen molar-refractivity contribution in [1.82, 2.24) is 4.98 Å². The summed E-state index contributed by atoms with van der Waals surface area (Å²) in [4.78, 5) is 14.7. The number of thiazole rings is 1. The molecule has 0 saturated carbocycles. The third-order valence-corrected chi connectivity index (χ3v) is 3.40. The molecular formula is C13H11F2NO3S. The zero-order valence-electron chi connectivity index (χ0n) is 10.3. The van der Waals surface area contributed by atoms with Crippen LogP contribution in [0.5, 0.6) is 5.75 Å². The number of halogens is 2. The van der Waals surface area contributed by atoms with E-state index in [2.05, 4.69) is 9.72 Å². The van der Waals surface area contributed by atoms with Gasteiger partial charge < -0.3 is 9.84 Å². The SMILES string of the molecule is O=C(O)CCc1csc(-c2ccccc2OC(F)F)n1. The van der Waals surface area contributed by atoms with Crippen LogP contribution < -0.4 is 4.74 Å². The molecule has 0 aliphatic carbocycles. The molecule has 1 aromatic heterocycles. The van der Waals surface area contributed by atoms with Crippen molar-refractivity contribution in [2.75, 3.05) is 0 Å². The topological polar surface area (TPSA) is 59.4 Å². The van der Waals surface area contributed by atoms with Crippen LogP contribution in [0, 0.1) is 0 Å². The number of aromatic nitrogens is 1. The molecule has 0 aliphatic heterocycles. The Balaban J connectivity index is 2.21. The second-order valence-corrected chi connectivity index (χ2v) is 4.77. The van der Waals surface area contributed by atoms with Crippen LogP contribution in [-0.2, 0) is 11.2 Å². The lowest BCUT2D eigenvalue weighted by Crippen LogP contribution is -2.03. The summed E-state index contributed by atoms with van der Waals surface area (Å²) in [5.41, 5.74) is 1.10. The van der Waals surface area contributed by atoms with Crippen LogP contribution in [0.4, 0.5) is 8.78 Å². The highest BCUT2D eigenvalue weighted by molar-refractivity contribution is 7.13. The molecule has 0 bridgehead atoms. The summed E-state index contributed by atoms with van der Waals surface area (Å²) in [6, 6.07) is 6.38. The number of aliphatic carboxylic acids is 1. The number of hydrogen-bond acceptors (Lipinski definition) is 4. The number of carbonyl (C=O) groups is 1. The molecule has 4 nitrogen and oxygen atoms in total. The van der Waals surface area contributed by atoms with E-state index < -0.39 is 12.6 Å². The molecule has 20 heavy (non-hydrogen) atoms. The van der Waals surface area contributed by atoms with Crippen LogP contribution in [0.1, 0.15) is 12.1 Å². The van der Waals surface area contributed by atoms with Crippen molar-refractivity contribution in [3.05, 3.63) is 35.3 Å². The van der Waals surface area contributed by atoms with Gasteiger partial charge in [0, 0.05) is 11.8 Å². The number of benzene rings is 1. The van der Waals surface area contributed by atoms with Gasteiger partial charge in [-0.05, 0) is 12.1 Å². The van der Waals surface area contributed by atoms with Crippen LogP contribution >= 0.6 is 11.3 Å². The van der Waals surface area contributed by atoms with E-state index in [1.807, 2.05) is 0 Å². The Kier molecular flexibility index (Phi) is 4.62. The maximum atomic E-state index is 12.3. The van der Waals surface area contributed by atoms with Crippen molar-refractivity contribution in [3.8, 4) is 16.3 Å². The molecule has 0 radical (unpaired) electrons. The second kappa shape index (κ2) is 6.42. The molecule has 0 unspecified atom stereocenters. The monoisotopic (exact) mass is 299 g/mol. The summed E-state index contributed by atoms with van der Waals surface area (Å²) < 4.78 is 29.1. The fourth-order valence-electron chi connectivity index (χ4n) is 1.62. The number of para-hydroxylation sites is 1. The van der Waals surface area contributed by atoms with Crippen molar-refractivity contribution in [3.63, 3.8) is 0 Å². The van der Waals surface area contributed by atoms with Gasteiger partial charge in [-0.15, -0.1) is 11.3 Å². The molecule has 0 saturated heterocycles. The van der Waals surface area contributed by atoms with Crippen molar-refractivity contribution >= 4 is 17.3 Å². The molecule has 0 fully saturated rings. The average molecular weight is 299 g/mol. The first kappa shape index (κ1) is 14.4. The Hall–Kier alpha value is -2.02.